The van der Waals surface area contributed by atoms with Gasteiger partial charge in [-0.1, -0.05) is 29.8 Å². The summed E-state index contributed by atoms with van der Waals surface area (Å²) in [6.45, 7) is 6.00. The summed E-state index contributed by atoms with van der Waals surface area (Å²) in [6.07, 6.45) is 0. The molecule has 0 aliphatic rings. The van der Waals surface area contributed by atoms with E-state index in [0.717, 1.165) is 31.8 Å². The predicted octanol–water partition coefficient (Wildman–Crippen LogP) is 4.76. The summed E-state index contributed by atoms with van der Waals surface area (Å²) < 4.78 is 1.96. The fourth-order valence-electron chi connectivity index (χ4n) is 1.65. The molecule has 2 rings (SSSR count). The van der Waals surface area contributed by atoms with Crippen molar-refractivity contribution in [3.05, 3.63) is 38.5 Å². The zero-order chi connectivity index (χ0) is 14.9. The number of nitrogens with one attached hydrogen (secondary N) is 1. The third kappa shape index (κ3) is 3.30. The van der Waals surface area contributed by atoms with Crippen molar-refractivity contribution in [2.45, 2.75) is 26.7 Å². The average molecular weight is 400 g/mol. The van der Waals surface area contributed by atoms with Crippen molar-refractivity contribution in [2.24, 2.45) is 0 Å². The van der Waals surface area contributed by atoms with Gasteiger partial charge >= 0.3 is 0 Å². The van der Waals surface area contributed by atoms with E-state index in [2.05, 4.69) is 47.1 Å². The smallest absolute Gasteiger partial charge is 0.139 e. The summed E-state index contributed by atoms with van der Waals surface area (Å²) in [6, 6.07) is 5.92. The van der Waals surface area contributed by atoms with Crippen molar-refractivity contribution >= 4 is 49.2 Å². The Morgan fingerprint density at radius 1 is 1.20 bits per heavy atom. The zero-order valence-electron chi connectivity index (χ0n) is 11.5. The summed E-state index contributed by atoms with van der Waals surface area (Å²) in [5.74, 6) is 2.22. The van der Waals surface area contributed by atoms with Crippen LogP contribution in [-0.2, 0) is 0 Å². The van der Waals surface area contributed by atoms with Crippen molar-refractivity contribution in [2.75, 3.05) is 11.1 Å². The molecule has 1 heterocycles. The highest BCUT2D eigenvalue weighted by Crippen LogP contribution is 2.30. The normalized spacial score (nSPS) is 10.9. The Labute approximate surface area is 135 Å². The highest BCUT2D eigenvalue weighted by molar-refractivity contribution is 9.11. The van der Waals surface area contributed by atoms with Gasteiger partial charge in [-0.15, -0.1) is 0 Å². The number of nitrogens with zero attached hydrogens (tertiary/aromatic N) is 2. The number of hydrogen-bond acceptors (Lipinski definition) is 4. The monoisotopic (exact) mass is 398 g/mol. The largest absolute Gasteiger partial charge is 0.383 e. The highest BCUT2D eigenvalue weighted by atomic mass is 79.9. The number of hydrogen-bond donors (Lipinski definition) is 2. The van der Waals surface area contributed by atoms with Crippen LogP contribution in [0.1, 0.15) is 31.2 Å². The zero-order valence-corrected chi connectivity index (χ0v) is 14.7. The molecule has 0 saturated carbocycles. The molecule has 1 aromatic heterocycles. The number of halogens is 2. The van der Waals surface area contributed by atoms with Crippen LogP contribution in [0, 0.1) is 6.92 Å². The number of nitrogen functional groups attached to an aromatic ring is 1. The minimum Gasteiger partial charge on any atom is -0.383 e. The van der Waals surface area contributed by atoms with E-state index in [1.54, 1.807) is 0 Å². The molecule has 2 aromatic rings. The van der Waals surface area contributed by atoms with E-state index in [0.29, 0.717) is 5.82 Å². The van der Waals surface area contributed by atoms with E-state index in [4.69, 9.17) is 5.73 Å². The van der Waals surface area contributed by atoms with Gasteiger partial charge in [0.15, 0.2) is 0 Å². The van der Waals surface area contributed by atoms with Crippen LogP contribution in [0.25, 0.3) is 0 Å². The molecular formula is C14H16Br2N4. The van der Waals surface area contributed by atoms with E-state index in [-0.39, 0.29) is 5.92 Å². The lowest BCUT2D eigenvalue weighted by atomic mass is 10.2. The molecule has 3 N–H and O–H groups in total. The lowest BCUT2D eigenvalue weighted by Crippen LogP contribution is -2.08. The quantitative estimate of drug-likeness (QED) is 0.780. The lowest BCUT2D eigenvalue weighted by Gasteiger charge is -2.14. The van der Waals surface area contributed by atoms with Crippen LogP contribution in [0.2, 0.25) is 0 Å². The molecule has 6 heteroatoms. The molecular weight excluding hydrogens is 384 g/mol. The second kappa shape index (κ2) is 6.10. The van der Waals surface area contributed by atoms with E-state index in [9.17, 15) is 0 Å². The molecule has 0 aliphatic carbocycles. The molecule has 0 aliphatic heterocycles. The molecule has 20 heavy (non-hydrogen) atoms. The Bertz CT molecular complexity index is 641. The minimum atomic E-state index is 0.229. The number of anilines is 3. The van der Waals surface area contributed by atoms with E-state index in [1.165, 1.54) is 0 Å². The van der Waals surface area contributed by atoms with Gasteiger partial charge in [0.05, 0.1) is 5.69 Å². The van der Waals surface area contributed by atoms with Gasteiger partial charge < -0.3 is 11.1 Å². The van der Waals surface area contributed by atoms with Crippen LogP contribution in [0.5, 0.6) is 0 Å². The van der Waals surface area contributed by atoms with Gasteiger partial charge in [-0.2, -0.15) is 0 Å². The molecule has 0 bridgehead atoms. The molecule has 0 amide bonds. The fraction of sp³-hybridized carbons (Fsp3) is 0.286. The van der Waals surface area contributed by atoms with Gasteiger partial charge in [0, 0.05) is 20.4 Å². The Morgan fingerprint density at radius 2 is 1.90 bits per heavy atom. The summed E-state index contributed by atoms with van der Waals surface area (Å²) in [5, 5.41) is 3.30. The van der Waals surface area contributed by atoms with E-state index < -0.39 is 0 Å². The average Bonchev–Trinajstić information content (AvgIpc) is 2.37. The Kier molecular flexibility index (Phi) is 4.65. The van der Waals surface area contributed by atoms with Crippen LogP contribution in [0.15, 0.2) is 27.1 Å². The fourth-order valence-corrected chi connectivity index (χ4v) is 2.80. The summed E-state index contributed by atoms with van der Waals surface area (Å²) in [4.78, 5) is 8.88. The third-order valence-corrected chi connectivity index (χ3v) is 4.05. The maximum absolute atomic E-state index is 5.96. The number of benzene rings is 1. The first-order valence-electron chi connectivity index (χ1n) is 6.24. The van der Waals surface area contributed by atoms with Crippen LogP contribution in [0.3, 0.4) is 0 Å². The molecule has 0 saturated heterocycles. The number of rotatable bonds is 3. The summed E-state index contributed by atoms with van der Waals surface area (Å²) in [5.41, 5.74) is 7.75. The summed E-state index contributed by atoms with van der Waals surface area (Å²) in [7, 11) is 0. The molecule has 0 radical (unpaired) electrons. The maximum Gasteiger partial charge on any atom is 0.139 e. The maximum atomic E-state index is 5.96. The third-order valence-electron chi connectivity index (χ3n) is 2.90. The Hall–Kier alpha value is -1.14. The van der Waals surface area contributed by atoms with Crippen LogP contribution in [0.4, 0.5) is 17.3 Å². The topological polar surface area (TPSA) is 63.8 Å². The molecule has 0 fully saturated rings. The van der Waals surface area contributed by atoms with Crippen molar-refractivity contribution < 1.29 is 0 Å². The van der Waals surface area contributed by atoms with Crippen LogP contribution < -0.4 is 11.1 Å². The van der Waals surface area contributed by atoms with Gasteiger partial charge in [0.2, 0.25) is 0 Å². The van der Waals surface area contributed by atoms with Gasteiger partial charge in [-0.05, 0) is 41.1 Å². The van der Waals surface area contributed by atoms with Crippen molar-refractivity contribution in [1.82, 2.24) is 9.97 Å². The predicted molar refractivity (Wildman–Crippen MR) is 90.4 cm³/mol. The van der Waals surface area contributed by atoms with E-state index in [1.807, 2.05) is 39.0 Å². The van der Waals surface area contributed by atoms with Crippen molar-refractivity contribution in [3.8, 4) is 0 Å². The van der Waals surface area contributed by atoms with Crippen molar-refractivity contribution in [1.29, 1.82) is 0 Å². The van der Waals surface area contributed by atoms with Crippen LogP contribution in [-0.4, -0.2) is 9.97 Å². The first-order chi connectivity index (χ1) is 9.38. The van der Waals surface area contributed by atoms with Gasteiger partial charge in [0.1, 0.15) is 17.5 Å². The second-order valence-corrected chi connectivity index (χ2v) is 6.61. The molecule has 0 spiro atoms. The second-order valence-electron chi connectivity index (χ2n) is 4.84. The first-order valence-corrected chi connectivity index (χ1v) is 7.83. The van der Waals surface area contributed by atoms with E-state index >= 15 is 0 Å². The van der Waals surface area contributed by atoms with Gasteiger partial charge in [-0.3, -0.25) is 0 Å². The van der Waals surface area contributed by atoms with Gasteiger partial charge in [-0.25, -0.2) is 9.97 Å². The molecule has 4 nitrogen and oxygen atoms in total. The molecule has 106 valence electrons. The van der Waals surface area contributed by atoms with Gasteiger partial charge in [0.25, 0.3) is 0 Å². The molecule has 0 unspecified atom stereocenters. The lowest BCUT2D eigenvalue weighted by molar-refractivity contribution is 0.776. The summed E-state index contributed by atoms with van der Waals surface area (Å²) >= 11 is 6.96. The minimum absolute atomic E-state index is 0.229. The first kappa shape index (κ1) is 15.3. The number of nitrogens with two attached hydrogens (primary N) is 1. The molecule has 0 atom stereocenters. The standard InChI is InChI=1S/C14H16Br2N4/c1-7(2)13-19-12(17)8(3)14(20-13)18-11-5-4-9(15)6-10(11)16/h4-7H,1-3H3,(H3,17,18,19,20). The van der Waals surface area contributed by atoms with Crippen LogP contribution >= 0.6 is 31.9 Å². The molecule has 1 aromatic carbocycles. The van der Waals surface area contributed by atoms with Crippen molar-refractivity contribution in [3.63, 3.8) is 0 Å². The Morgan fingerprint density at radius 3 is 2.50 bits per heavy atom. The SMILES string of the molecule is Cc1c(N)nc(C(C)C)nc1Nc1ccc(Br)cc1Br. The Balaban J connectivity index is 2.42. The highest BCUT2D eigenvalue weighted by Gasteiger charge is 2.12. The number of aromatic nitrogens is 2.